The molecule has 0 saturated carbocycles. The first-order valence-corrected chi connectivity index (χ1v) is 7.41. The standard InChI is InChI=1S/C14H21N3O2S/c1-11-12(4-6-19-11)10-17(2)14-16-9-13(20-14)8-15-5-7-18-3/h4,6,9,15H,5,7-8,10H2,1-3H3. The van der Waals surface area contributed by atoms with Gasteiger partial charge in [0.05, 0.1) is 12.9 Å². The molecule has 0 fully saturated rings. The summed E-state index contributed by atoms with van der Waals surface area (Å²) in [4.78, 5) is 7.84. The first-order chi connectivity index (χ1) is 9.70. The van der Waals surface area contributed by atoms with Crippen molar-refractivity contribution in [2.45, 2.75) is 20.0 Å². The molecule has 6 heteroatoms. The summed E-state index contributed by atoms with van der Waals surface area (Å²) in [6, 6.07) is 2.01. The lowest BCUT2D eigenvalue weighted by Gasteiger charge is -2.14. The van der Waals surface area contributed by atoms with E-state index in [1.165, 1.54) is 10.4 Å². The second-order valence-electron chi connectivity index (χ2n) is 4.64. The third kappa shape index (κ3) is 4.06. The Labute approximate surface area is 123 Å². The highest BCUT2D eigenvalue weighted by molar-refractivity contribution is 7.15. The molecule has 0 aliphatic rings. The fourth-order valence-electron chi connectivity index (χ4n) is 1.84. The van der Waals surface area contributed by atoms with Gasteiger partial charge in [-0.1, -0.05) is 0 Å². The zero-order valence-corrected chi connectivity index (χ0v) is 13.0. The van der Waals surface area contributed by atoms with Crippen LogP contribution in [0.1, 0.15) is 16.2 Å². The van der Waals surface area contributed by atoms with Crippen LogP contribution in [0.2, 0.25) is 0 Å². The minimum Gasteiger partial charge on any atom is -0.469 e. The van der Waals surface area contributed by atoms with Crippen LogP contribution in [-0.4, -0.2) is 32.3 Å². The summed E-state index contributed by atoms with van der Waals surface area (Å²) in [6.07, 6.45) is 3.66. The summed E-state index contributed by atoms with van der Waals surface area (Å²) in [5, 5.41) is 4.34. The van der Waals surface area contributed by atoms with Crippen LogP contribution in [0.4, 0.5) is 5.13 Å². The van der Waals surface area contributed by atoms with Gasteiger partial charge in [-0.05, 0) is 13.0 Å². The number of nitrogens with zero attached hydrogens (tertiary/aromatic N) is 2. The van der Waals surface area contributed by atoms with Gasteiger partial charge in [0.1, 0.15) is 5.76 Å². The summed E-state index contributed by atoms with van der Waals surface area (Å²) in [7, 11) is 3.76. The number of thiazole rings is 1. The number of rotatable bonds is 8. The van der Waals surface area contributed by atoms with Crippen LogP contribution in [0.3, 0.4) is 0 Å². The molecule has 0 aromatic carbocycles. The van der Waals surface area contributed by atoms with Gasteiger partial charge >= 0.3 is 0 Å². The maximum Gasteiger partial charge on any atom is 0.185 e. The molecule has 2 aromatic heterocycles. The van der Waals surface area contributed by atoms with E-state index in [9.17, 15) is 0 Å². The van der Waals surface area contributed by atoms with Gasteiger partial charge in [-0.2, -0.15) is 0 Å². The van der Waals surface area contributed by atoms with E-state index in [1.807, 2.05) is 26.2 Å². The van der Waals surface area contributed by atoms with E-state index in [2.05, 4.69) is 15.2 Å². The largest absolute Gasteiger partial charge is 0.469 e. The highest BCUT2D eigenvalue weighted by Gasteiger charge is 2.10. The van der Waals surface area contributed by atoms with Crippen molar-refractivity contribution in [3.8, 4) is 0 Å². The lowest BCUT2D eigenvalue weighted by atomic mass is 10.2. The van der Waals surface area contributed by atoms with Gasteiger partial charge in [-0.3, -0.25) is 0 Å². The molecule has 0 unspecified atom stereocenters. The Morgan fingerprint density at radius 2 is 2.35 bits per heavy atom. The predicted octanol–water partition coefficient (Wildman–Crippen LogP) is 2.42. The number of anilines is 1. The summed E-state index contributed by atoms with van der Waals surface area (Å²) in [5.41, 5.74) is 1.20. The van der Waals surface area contributed by atoms with Crippen LogP contribution >= 0.6 is 11.3 Å². The van der Waals surface area contributed by atoms with E-state index >= 15 is 0 Å². The predicted molar refractivity (Wildman–Crippen MR) is 81.2 cm³/mol. The average Bonchev–Trinajstić information content (AvgIpc) is 3.05. The maximum absolute atomic E-state index is 5.32. The number of nitrogens with one attached hydrogen (secondary N) is 1. The van der Waals surface area contributed by atoms with Crippen molar-refractivity contribution in [2.75, 3.05) is 32.2 Å². The monoisotopic (exact) mass is 295 g/mol. The van der Waals surface area contributed by atoms with Crippen LogP contribution in [0.25, 0.3) is 0 Å². The van der Waals surface area contributed by atoms with Crippen molar-refractivity contribution in [2.24, 2.45) is 0 Å². The molecule has 0 saturated heterocycles. The van der Waals surface area contributed by atoms with Gasteiger partial charge in [-0.25, -0.2) is 4.98 Å². The fraction of sp³-hybridized carbons (Fsp3) is 0.500. The third-order valence-electron chi connectivity index (χ3n) is 3.02. The molecule has 5 nitrogen and oxygen atoms in total. The van der Waals surface area contributed by atoms with Gasteiger partial charge in [0.2, 0.25) is 0 Å². The maximum atomic E-state index is 5.32. The number of aromatic nitrogens is 1. The summed E-state index contributed by atoms with van der Waals surface area (Å²) >= 11 is 1.71. The van der Waals surface area contributed by atoms with Crippen LogP contribution in [0, 0.1) is 6.92 Å². The SMILES string of the molecule is COCCNCc1cnc(N(C)Cc2ccoc2C)s1. The number of aryl methyl sites for hydroxylation is 1. The highest BCUT2D eigenvalue weighted by atomic mass is 32.1. The second kappa shape index (κ2) is 7.42. The highest BCUT2D eigenvalue weighted by Crippen LogP contribution is 2.23. The quantitative estimate of drug-likeness (QED) is 0.758. The first-order valence-electron chi connectivity index (χ1n) is 6.59. The molecule has 110 valence electrons. The van der Waals surface area contributed by atoms with Crippen LogP contribution in [-0.2, 0) is 17.8 Å². The molecule has 1 N–H and O–H groups in total. The summed E-state index contributed by atoms with van der Waals surface area (Å²) < 4.78 is 10.3. The van der Waals surface area contributed by atoms with Crippen LogP contribution < -0.4 is 10.2 Å². The number of hydrogen-bond donors (Lipinski definition) is 1. The Hall–Kier alpha value is -1.37. The van der Waals surface area contributed by atoms with Crippen LogP contribution in [0.15, 0.2) is 22.9 Å². The molecule has 0 amide bonds. The third-order valence-corrected chi connectivity index (χ3v) is 4.14. The van der Waals surface area contributed by atoms with E-state index in [1.54, 1.807) is 24.7 Å². The van der Waals surface area contributed by atoms with Crippen molar-refractivity contribution in [3.05, 3.63) is 34.7 Å². The van der Waals surface area contributed by atoms with Crippen molar-refractivity contribution < 1.29 is 9.15 Å². The molecule has 2 aromatic rings. The lowest BCUT2D eigenvalue weighted by molar-refractivity contribution is 0.199. The molecule has 0 radical (unpaired) electrons. The fourth-order valence-corrected chi connectivity index (χ4v) is 2.68. The van der Waals surface area contributed by atoms with Gasteiger partial charge in [-0.15, -0.1) is 11.3 Å². The Morgan fingerprint density at radius 3 is 3.05 bits per heavy atom. The zero-order chi connectivity index (χ0) is 14.4. The smallest absolute Gasteiger partial charge is 0.185 e. The molecule has 0 aliphatic heterocycles. The van der Waals surface area contributed by atoms with E-state index in [-0.39, 0.29) is 0 Å². The average molecular weight is 295 g/mol. The number of ether oxygens (including phenoxy) is 1. The number of hydrogen-bond acceptors (Lipinski definition) is 6. The lowest BCUT2D eigenvalue weighted by Crippen LogP contribution is -2.17. The normalized spacial score (nSPS) is 10.9. The Morgan fingerprint density at radius 1 is 1.50 bits per heavy atom. The van der Waals surface area contributed by atoms with E-state index in [4.69, 9.17) is 9.15 Å². The van der Waals surface area contributed by atoms with Crippen molar-refractivity contribution in [3.63, 3.8) is 0 Å². The summed E-state index contributed by atoms with van der Waals surface area (Å²) in [6.45, 7) is 5.21. The zero-order valence-electron chi connectivity index (χ0n) is 12.2. The number of furan rings is 1. The molecule has 2 rings (SSSR count). The van der Waals surface area contributed by atoms with Crippen molar-refractivity contribution in [1.29, 1.82) is 0 Å². The molecule has 20 heavy (non-hydrogen) atoms. The minimum atomic E-state index is 0.728. The van der Waals surface area contributed by atoms with Gasteiger partial charge in [0.25, 0.3) is 0 Å². The van der Waals surface area contributed by atoms with E-state index in [0.29, 0.717) is 0 Å². The Balaban J connectivity index is 1.86. The van der Waals surface area contributed by atoms with Crippen LogP contribution in [0.5, 0.6) is 0 Å². The molecule has 2 heterocycles. The molecule has 0 aliphatic carbocycles. The number of methoxy groups -OCH3 is 1. The topological polar surface area (TPSA) is 50.5 Å². The van der Waals surface area contributed by atoms with Gasteiger partial charge in [0.15, 0.2) is 5.13 Å². The Bertz CT molecular complexity index is 524. The molecular formula is C14H21N3O2S. The first kappa shape index (κ1) is 15.0. The van der Waals surface area contributed by atoms with E-state index in [0.717, 1.165) is 37.1 Å². The summed E-state index contributed by atoms with van der Waals surface area (Å²) in [5.74, 6) is 0.967. The van der Waals surface area contributed by atoms with E-state index < -0.39 is 0 Å². The minimum absolute atomic E-state index is 0.728. The van der Waals surface area contributed by atoms with Crippen molar-refractivity contribution in [1.82, 2.24) is 10.3 Å². The van der Waals surface area contributed by atoms with Crippen molar-refractivity contribution >= 4 is 16.5 Å². The Kier molecular flexibility index (Phi) is 5.58. The molecule has 0 spiro atoms. The molecular weight excluding hydrogens is 274 g/mol. The molecule has 0 atom stereocenters. The van der Waals surface area contributed by atoms with Gasteiger partial charge in [0, 0.05) is 50.4 Å². The second-order valence-corrected chi connectivity index (χ2v) is 5.73. The van der Waals surface area contributed by atoms with Gasteiger partial charge < -0.3 is 19.4 Å². The molecule has 0 bridgehead atoms.